The molecule has 0 radical (unpaired) electrons. The molecule has 0 saturated carbocycles. The number of aromatic hydroxyl groups is 4. The predicted molar refractivity (Wildman–Crippen MR) is 193 cm³/mol. The second kappa shape index (κ2) is 9.77. The maximum Gasteiger partial charge on any atom is 0.203 e. The third-order valence-electron chi connectivity index (χ3n) is 9.63. The Balaban J connectivity index is 1.27. The second-order valence-corrected chi connectivity index (χ2v) is 12.1. The summed E-state index contributed by atoms with van der Waals surface area (Å²) in [6, 6.07) is 43.8. The van der Waals surface area contributed by atoms with Gasteiger partial charge < -0.3 is 26.2 Å². The van der Waals surface area contributed by atoms with Gasteiger partial charge in [-0.25, -0.2) is 0 Å². The highest BCUT2D eigenvalue weighted by atomic mass is 16.3. The van der Waals surface area contributed by atoms with Crippen molar-refractivity contribution in [3.8, 4) is 56.4 Å². The van der Waals surface area contributed by atoms with Gasteiger partial charge in [0.2, 0.25) is 5.75 Å². The van der Waals surface area contributed by atoms with E-state index in [4.69, 9.17) is 5.73 Å². The Hall–Kier alpha value is -6.46. The van der Waals surface area contributed by atoms with Gasteiger partial charge in [0.15, 0.2) is 17.2 Å². The second-order valence-electron chi connectivity index (χ2n) is 12.1. The molecule has 5 heteroatoms. The fourth-order valence-electron chi connectivity index (χ4n) is 7.47. The number of nitrogen functional groups attached to an aromatic ring is 1. The first-order chi connectivity index (χ1) is 22.9. The Labute approximate surface area is 269 Å². The van der Waals surface area contributed by atoms with Gasteiger partial charge in [0.1, 0.15) is 5.69 Å². The molecule has 47 heavy (non-hydrogen) atoms. The molecule has 9 aromatic carbocycles. The van der Waals surface area contributed by atoms with Crippen LogP contribution in [0.2, 0.25) is 0 Å². The normalized spacial score (nSPS) is 11.8. The van der Waals surface area contributed by atoms with E-state index in [-0.39, 0.29) is 5.56 Å². The maximum atomic E-state index is 11.1. The van der Waals surface area contributed by atoms with Crippen molar-refractivity contribution in [2.45, 2.75) is 0 Å². The fourth-order valence-corrected chi connectivity index (χ4v) is 7.47. The average Bonchev–Trinajstić information content (AvgIpc) is 3.12. The van der Waals surface area contributed by atoms with Crippen LogP contribution in [0, 0.1) is 0 Å². The first-order valence-electron chi connectivity index (χ1n) is 15.4. The molecule has 5 nitrogen and oxygen atoms in total. The number of benzene rings is 9. The molecule has 0 aromatic heterocycles. The zero-order valence-corrected chi connectivity index (χ0v) is 25.0. The van der Waals surface area contributed by atoms with E-state index in [2.05, 4.69) is 78.9 Å². The van der Waals surface area contributed by atoms with E-state index < -0.39 is 28.7 Å². The Bertz CT molecular complexity index is 2630. The molecule has 0 fully saturated rings. The van der Waals surface area contributed by atoms with Crippen LogP contribution >= 0.6 is 0 Å². The van der Waals surface area contributed by atoms with Gasteiger partial charge in [0.05, 0.1) is 5.56 Å². The van der Waals surface area contributed by atoms with E-state index in [1.54, 1.807) is 0 Å². The number of nitrogens with two attached hydrogens (primary N) is 1. The molecule has 0 amide bonds. The van der Waals surface area contributed by atoms with Crippen LogP contribution in [0.25, 0.3) is 87.2 Å². The standard InChI is InChI=1S/C42H27NO4/c43-38-39(44)37(40(45)42(47)41(38)46)36-30-10-3-1-8-28(30)34(29-9-2-4-11-31(29)36)25-14-12-22(13-15-25)27-20-18-26-17-16-23-6-5-7-24-19-21-32(27)35(26)33(23)24/h1-21,44-47H,43H2. The van der Waals surface area contributed by atoms with Crippen LogP contribution in [-0.2, 0) is 0 Å². The lowest BCUT2D eigenvalue weighted by atomic mass is 9.84. The molecule has 0 aliphatic rings. The predicted octanol–water partition coefficient (Wildman–Crippen LogP) is 10.3. The Morgan fingerprint density at radius 3 is 1.47 bits per heavy atom. The fraction of sp³-hybridized carbons (Fsp3) is 0. The van der Waals surface area contributed by atoms with Crippen LogP contribution in [-0.4, -0.2) is 20.4 Å². The summed E-state index contributed by atoms with van der Waals surface area (Å²) in [6.45, 7) is 0. The lowest BCUT2D eigenvalue weighted by molar-refractivity contribution is 0.364. The van der Waals surface area contributed by atoms with Gasteiger partial charge >= 0.3 is 0 Å². The summed E-state index contributed by atoms with van der Waals surface area (Å²) in [5, 5.41) is 53.6. The zero-order valence-electron chi connectivity index (χ0n) is 25.0. The molecule has 0 bridgehead atoms. The molecule has 0 spiro atoms. The van der Waals surface area contributed by atoms with Crippen LogP contribution in [0.1, 0.15) is 0 Å². The summed E-state index contributed by atoms with van der Waals surface area (Å²) in [7, 11) is 0. The van der Waals surface area contributed by atoms with Gasteiger partial charge in [-0.2, -0.15) is 0 Å². The van der Waals surface area contributed by atoms with Crippen molar-refractivity contribution in [3.63, 3.8) is 0 Å². The molecule has 0 saturated heterocycles. The zero-order chi connectivity index (χ0) is 32.0. The van der Waals surface area contributed by atoms with Gasteiger partial charge in [-0.1, -0.05) is 127 Å². The largest absolute Gasteiger partial charge is 0.505 e. The van der Waals surface area contributed by atoms with Crippen molar-refractivity contribution in [2.75, 3.05) is 5.73 Å². The topological polar surface area (TPSA) is 107 Å². The van der Waals surface area contributed by atoms with Crippen LogP contribution in [0.3, 0.4) is 0 Å². The number of anilines is 1. The molecule has 9 aromatic rings. The molecule has 224 valence electrons. The Morgan fingerprint density at radius 1 is 0.340 bits per heavy atom. The number of phenolic OH excluding ortho intramolecular Hbond substituents is 4. The Morgan fingerprint density at radius 2 is 0.851 bits per heavy atom. The van der Waals surface area contributed by atoms with Crippen molar-refractivity contribution in [2.24, 2.45) is 0 Å². The Kier molecular flexibility index (Phi) is 5.59. The third kappa shape index (κ3) is 3.71. The molecule has 9 rings (SSSR count). The first kappa shape index (κ1) is 26.9. The molecular weight excluding hydrogens is 582 g/mol. The minimum atomic E-state index is -0.782. The van der Waals surface area contributed by atoms with E-state index >= 15 is 0 Å². The smallest absolute Gasteiger partial charge is 0.203 e. The monoisotopic (exact) mass is 609 g/mol. The van der Waals surface area contributed by atoms with Crippen molar-refractivity contribution in [1.82, 2.24) is 0 Å². The molecule has 6 N–H and O–H groups in total. The van der Waals surface area contributed by atoms with Gasteiger partial charge in [-0.3, -0.25) is 0 Å². The van der Waals surface area contributed by atoms with Crippen molar-refractivity contribution in [3.05, 3.63) is 127 Å². The molecule has 0 unspecified atom stereocenters. The summed E-state index contributed by atoms with van der Waals surface area (Å²) < 4.78 is 0. The van der Waals surface area contributed by atoms with E-state index in [0.29, 0.717) is 5.56 Å². The summed E-state index contributed by atoms with van der Waals surface area (Å²) in [5.74, 6) is -2.69. The lowest BCUT2D eigenvalue weighted by Crippen LogP contribution is -1.95. The van der Waals surface area contributed by atoms with Gasteiger partial charge in [0, 0.05) is 5.56 Å². The van der Waals surface area contributed by atoms with Crippen molar-refractivity contribution in [1.29, 1.82) is 0 Å². The number of phenols is 4. The van der Waals surface area contributed by atoms with E-state index in [1.165, 1.54) is 37.9 Å². The van der Waals surface area contributed by atoms with Gasteiger partial charge in [-0.05, 0) is 76.1 Å². The molecular formula is C42H27NO4. The molecule has 0 atom stereocenters. The number of hydrogen-bond acceptors (Lipinski definition) is 5. The SMILES string of the molecule is Nc1c(O)c(O)c(O)c(-c2c3ccccc3c(-c3ccc(-c4ccc5ccc6cccc7ccc4c5c67)cc3)c3ccccc23)c1O. The van der Waals surface area contributed by atoms with E-state index in [1.807, 2.05) is 48.5 Å². The van der Waals surface area contributed by atoms with Crippen LogP contribution in [0.5, 0.6) is 23.0 Å². The third-order valence-corrected chi connectivity index (χ3v) is 9.63. The summed E-state index contributed by atoms with van der Waals surface area (Å²) in [4.78, 5) is 0. The minimum absolute atomic E-state index is 0.0406. The average molecular weight is 610 g/mol. The van der Waals surface area contributed by atoms with Gasteiger partial charge in [0.25, 0.3) is 0 Å². The highest BCUT2D eigenvalue weighted by Gasteiger charge is 2.27. The van der Waals surface area contributed by atoms with E-state index in [9.17, 15) is 20.4 Å². The highest BCUT2D eigenvalue weighted by Crippen LogP contribution is 2.56. The first-order valence-corrected chi connectivity index (χ1v) is 15.4. The number of rotatable bonds is 3. The van der Waals surface area contributed by atoms with Gasteiger partial charge in [-0.15, -0.1) is 0 Å². The molecule has 0 aliphatic heterocycles. The van der Waals surface area contributed by atoms with E-state index in [0.717, 1.165) is 38.2 Å². The minimum Gasteiger partial charge on any atom is -0.505 e. The summed E-state index contributed by atoms with van der Waals surface area (Å²) in [6.07, 6.45) is 0. The molecule has 0 aliphatic carbocycles. The van der Waals surface area contributed by atoms with Crippen LogP contribution in [0.15, 0.2) is 127 Å². The highest BCUT2D eigenvalue weighted by molar-refractivity contribution is 6.26. The summed E-state index contributed by atoms with van der Waals surface area (Å²) >= 11 is 0. The van der Waals surface area contributed by atoms with Crippen molar-refractivity contribution >= 4 is 59.5 Å². The molecule has 0 heterocycles. The lowest BCUT2D eigenvalue weighted by Gasteiger charge is -2.20. The number of hydrogen-bond donors (Lipinski definition) is 5. The maximum absolute atomic E-state index is 11.1. The van der Waals surface area contributed by atoms with Crippen LogP contribution in [0.4, 0.5) is 5.69 Å². The number of fused-ring (bicyclic) bond motifs is 2. The van der Waals surface area contributed by atoms with Crippen molar-refractivity contribution < 1.29 is 20.4 Å². The quantitative estimate of drug-likeness (QED) is 0.0450. The van der Waals surface area contributed by atoms with Crippen LogP contribution < -0.4 is 5.73 Å². The summed E-state index contributed by atoms with van der Waals surface area (Å²) in [5.41, 5.74) is 10.3.